The van der Waals surface area contributed by atoms with Crippen molar-refractivity contribution in [3.8, 4) is 0 Å². The van der Waals surface area contributed by atoms with E-state index in [4.69, 9.17) is 9.84 Å². The van der Waals surface area contributed by atoms with Crippen molar-refractivity contribution in [2.45, 2.75) is 39.7 Å². The zero-order chi connectivity index (χ0) is 12.2. The van der Waals surface area contributed by atoms with Crippen LogP contribution >= 0.6 is 0 Å². The van der Waals surface area contributed by atoms with Gasteiger partial charge in [-0.25, -0.2) is 0 Å². The van der Waals surface area contributed by atoms with Crippen LogP contribution in [0.3, 0.4) is 0 Å². The van der Waals surface area contributed by atoms with Crippen LogP contribution in [-0.2, 0) is 9.53 Å². The lowest BCUT2D eigenvalue weighted by atomic mass is 9.92. The third-order valence-corrected chi connectivity index (χ3v) is 3.13. The number of carbonyl (C=O) groups is 1. The molecule has 0 atom stereocenters. The Morgan fingerprint density at radius 1 is 1.44 bits per heavy atom. The zero-order valence-corrected chi connectivity index (χ0v) is 10.5. The van der Waals surface area contributed by atoms with Crippen LogP contribution in [0.4, 0.5) is 0 Å². The summed E-state index contributed by atoms with van der Waals surface area (Å²) in [5.74, 6) is -0.723. The molecule has 0 aromatic heterocycles. The summed E-state index contributed by atoms with van der Waals surface area (Å²) in [4.78, 5) is 13.2. The highest BCUT2D eigenvalue weighted by molar-refractivity contribution is 5.73. The van der Waals surface area contributed by atoms with Crippen molar-refractivity contribution >= 4 is 5.97 Å². The third-order valence-electron chi connectivity index (χ3n) is 3.13. The van der Waals surface area contributed by atoms with Crippen molar-refractivity contribution < 1.29 is 14.6 Å². The van der Waals surface area contributed by atoms with E-state index in [1.807, 2.05) is 6.92 Å². The average Bonchev–Trinajstić information content (AvgIpc) is 2.21. The summed E-state index contributed by atoms with van der Waals surface area (Å²) in [6.07, 6.45) is 2.40. The summed E-state index contributed by atoms with van der Waals surface area (Å²) in [6.45, 7) is 8.86. The summed E-state index contributed by atoms with van der Waals surface area (Å²) in [5, 5.41) is 9.06. The fourth-order valence-corrected chi connectivity index (χ4v) is 2.10. The van der Waals surface area contributed by atoms with Crippen molar-refractivity contribution in [2.75, 3.05) is 26.2 Å². The Morgan fingerprint density at radius 3 is 2.44 bits per heavy atom. The van der Waals surface area contributed by atoms with E-state index in [1.54, 1.807) is 13.8 Å². The van der Waals surface area contributed by atoms with Gasteiger partial charge < -0.3 is 14.7 Å². The molecule has 1 aliphatic heterocycles. The van der Waals surface area contributed by atoms with E-state index in [0.29, 0.717) is 12.6 Å². The molecule has 0 saturated carbocycles. The van der Waals surface area contributed by atoms with Crippen LogP contribution in [0.1, 0.15) is 33.6 Å². The van der Waals surface area contributed by atoms with Crippen molar-refractivity contribution in [2.24, 2.45) is 5.41 Å². The lowest BCUT2D eigenvalue weighted by Gasteiger charge is -2.35. The number of hydrogen-bond donors (Lipinski definition) is 1. The van der Waals surface area contributed by atoms with Crippen LogP contribution in [0, 0.1) is 5.41 Å². The number of hydrogen-bond acceptors (Lipinski definition) is 3. The summed E-state index contributed by atoms with van der Waals surface area (Å²) in [7, 11) is 0. The number of carboxylic acid groups (broad SMARTS) is 1. The summed E-state index contributed by atoms with van der Waals surface area (Å²) >= 11 is 0. The highest BCUT2D eigenvalue weighted by Gasteiger charge is 2.31. The van der Waals surface area contributed by atoms with Gasteiger partial charge in [-0.2, -0.15) is 0 Å². The quantitative estimate of drug-likeness (QED) is 0.778. The van der Waals surface area contributed by atoms with Gasteiger partial charge in [0.15, 0.2) is 0 Å². The van der Waals surface area contributed by atoms with E-state index in [9.17, 15) is 4.79 Å². The van der Waals surface area contributed by atoms with Gasteiger partial charge in [-0.1, -0.05) is 0 Å². The predicted molar refractivity (Wildman–Crippen MR) is 62.5 cm³/mol. The Hall–Kier alpha value is -0.610. The van der Waals surface area contributed by atoms with Crippen LogP contribution in [-0.4, -0.2) is 48.3 Å². The van der Waals surface area contributed by atoms with Crippen LogP contribution in [0.2, 0.25) is 0 Å². The second-order valence-corrected chi connectivity index (χ2v) is 5.12. The molecule has 1 aliphatic rings. The summed E-state index contributed by atoms with van der Waals surface area (Å²) in [6, 6.07) is 0. The minimum atomic E-state index is -0.723. The van der Waals surface area contributed by atoms with Gasteiger partial charge in [0.05, 0.1) is 11.5 Å². The van der Waals surface area contributed by atoms with Gasteiger partial charge in [-0.05, 0) is 33.6 Å². The van der Waals surface area contributed by atoms with Crippen molar-refractivity contribution in [3.63, 3.8) is 0 Å². The standard InChI is InChI=1S/C12H23NO3/c1-4-16-10-5-7-13(8-6-10)9-12(2,3)11(14)15/h10H,4-9H2,1-3H3,(H,14,15). The zero-order valence-electron chi connectivity index (χ0n) is 10.5. The first kappa shape index (κ1) is 13.5. The Kier molecular flexibility index (Phi) is 4.74. The number of rotatable bonds is 5. The lowest BCUT2D eigenvalue weighted by Crippen LogP contribution is -2.44. The second-order valence-electron chi connectivity index (χ2n) is 5.12. The van der Waals surface area contributed by atoms with E-state index in [-0.39, 0.29) is 0 Å². The predicted octanol–water partition coefficient (Wildman–Crippen LogP) is 1.60. The highest BCUT2D eigenvalue weighted by atomic mass is 16.5. The molecular weight excluding hydrogens is 206 g/mol. The minimum Gasteiger partial charge on any atom is -0.481 e. The first-order valence-corrected chi connectivity index (χ1v) is 6.03. The number of carboxylic acids is 1. The molecule has 0 spiro atoms. The Labute approximate surface area is 97.6 Å². The van der Waals surface area contributed by atoms with Gasteiger partial charge in [-0.15, -0.1) is 0 Å². The fraction of sp³-hybridized carbons (Fsp3) is 0.917. The minimum absolute atomic E-state index is 0.370. The molecule has 4 nitrogen and oxygen atoms in total. The molecule has 0 bridgehead atoms. The molecule has 0 amide bonds. The number of ether oxygens (including phenoxy) is 1. The maximum atomic E-state index is 11.0. The molecule has 1 saturated heterocycles. The summed E-state index contributed by atoms with van der Waals surface area (Å²) < 4.78 is 5.57. The first-order valence-electron chi connectivity index (χ1n) is 6.03. The fourth-order valence-electron chi connectivity index (χ4n) is 2.10. The molecule has 0 radical (unpaired) electrons. The van der Waals surface area contributed by atoms with Gasteiger partial charge in [0.2, 0.25) is 0 Å². The van der Waals surface area contributed by atoms with Crippen molar-refractivity contribution in [3.05, 3.63) is 0 Å². The highest BCUT2D eigenvalue weighted by Crippen LogP contribution is 2.21. The van der Waals surface area contributed by atoms with Gasteiger partial charge in [0.25, 0.3) is 0 Å². The molecule has 94 valence electrons. The van der Waals surface area contributed by atoms with Crippen LogP contribution in [0.5, 0.6) is 0 Å². The number of aliphatic carboxylic acids is 1. The van der Waals surface area contributed by atoms with Crippen molar-refractivity contribution in [1.29, 1.82) is 0 Å². The van der Waals surface area contributed by atoms with Gasteiger partial charge in [0, 0.05) is 26.2 Å². The van der Waals surface area contributed by atoms with Gasteiger partial charge in [0.1, 0.15) is 0 Å². The second kappa shape index (κ2) is 5.64. The molecule has 0 aromatic carbocycles. The Morgan fingerprint density at radius 2 is 2.00 bits per heavy atom. The van der Waals surface area contributed by atoms with E-state index >= 15 is 0 Å². The molecule has 1 N–H and O–H groups in total. The van der Waals surface area contributed by atoms with Gasteiger partial charge >= 0.3 is 5.97 Å². The number of likely N-dealkylation sites (tertiary alicyclic amines) is 1. The van der Waals surface area contributed by atoms with Crippen LogP contribution < -0.4 is 0 Å². The molecule has 1 heterocycles. The smallest absolute Gasteiger partial charge is 0.310 e. The first-order chi connectivity index (χ1) is 7.45. The van der Waals surface area contributed by atoms with E-state index in [2.05, 4.69) is 4.90 Å². The molecule has 0 aromatic rings. The van der Waals surface area contributed by atoms with E-state index < -0.39 is 11.4 Å². The Balaban J connectivity index is 2.34. The molecular formula is C12H23NO3. The summed E-state index contributed by atoms with van der Waals surface area (Å²) in [5.41, 5.74) is -0.654. The van der Waals surface area contributed by atoms with Crippen molar-refractivity contribution in [1.82, 2.24) is 4.90 Å². The van der Waals surface area contributed by atoms with Crippen LogP contribution in [0.15, 0.2) is 0 Å². The molecule has 0 unspecified atom stereocenters. The Bertz CT molecular complexity index is 232. The maximum absolute atomic E-state index is 11.0. The largest absolute Gasteiger partial charge is 0.481 e. The number of nitrogens with zero attached hydrogens (tertiary/aromatic N) is 1. The topological polar surface area (TPSA) is 49.8 Å². The van der Waals surface area contributed by atoms with E-state index in [0.717, 1.165) is 32.5 Å². The monoisotopic (exact) mass is 229 g/mol. The molecule has 1 fully saturated rings. The SMILES string of the molecule is CCOC1CCN(CC(C)(C)C(=O)O)CC1. The number of piperidine rings is 1. The average molecular weight is 229 g/mol. The third kappa shape index (κ3) is 3.76. The maximum Gasteiger partial charge on any atom is 0.310 e. The molecule has 16 heavy (non-hydrogen) atoms. The normalized spacial score (nSPS) is 19.9. The molecule has 0 aliphatic carbocycles. The van der Waals surface area contributed by atoms with Gasteiger partial charge in [-0.3, -0.25) is 4.79 Å². The molecule has 1 rings (SSSR count). The molecule has 4 heteroatoms. The lowest BCUT2D eigenvalue weighted by molar-refractivity contribution is -0.148. The van der Waals surface area contributed by atoms with Crippen LogP contribution in [0.25, 0.3) is 0 Å². The van der Waals surface area contributed by atoms with E-state index in [1.165, 1.54) is 0 Å².